The van der Waals surface area contributed by atoms with Gasteiger partial charge in [0, 0.05) is 12.6 Å². The Bertz CT molecular complexity index is 179. The summed E-state index contributed by atoms with van der Waals surface area (Å²) in [5.74, 6) is 0. The minimum Gasteiger partial charge on any atom is -0.395 e. The average molecular weight is 197 g/mol. The molecule has 0 bridgehead atoms. The van der Waals surface area contributed by atoms with Crippen LogP contribution in [0.3, 0.4) is 0 Å². The Labute approximate surface area is 87.6 Å². The van der Waals surface area contributed by atoms with Crippen LogP contribution < -0.4 is 0 Å². The molecule has 2 heteroatoms. The van der Waals surface area contributed by atoms with Crippen molar-refractivity contribution in [2.24, 2.45) is 0 Å². The summed E-state index contributed by atoms with van der Waals surface area (Å²) in [6, 6.07) is 0.400. The fourth-order valence-electron chi connectivity index (χ4n) is 2.07. The van der Waals surface area contributed by atoms with Crippen molar-refractivity contribution < 1.29 is 5.11 Å². The first-order chi connectivity index (χ1) is 6.74. The van der Waals surface area contributed by atoms with Crippen LogP contribution in [0.2, 0.25) is 0 Å². The lowest BCUT2D eigenvalue weighted by Gasteiger charge is -2.28. The van der Waals surface area contributed by atoms with Gasteiger partial charge in [-0.3, -0.25) is 4.90 Å². The molecule has 1 unspecified atom stereocenters. The van der Waals surface area contributed by atoms with Crippen LogP contribution in [0.5, 0.6) is 0 Å². The molecule has 0 saturated carbocycles. The summed E-state index contributed by atoms with van der Waals surface area (Å²) in [5.41, 5.74) is 1.24. The van der Waals surface area contributed by atoms with Crippen LogP contribution in [0.15, 0.2) is 12.2 Å². The van der Waals surface area contributed by atoms with Crippen LogP contribution >= 0.6 is 0 Å². The van der Waals surface area contributed by atoms with Crippen molar-refractivity contribution in [2.75, 3.05) is 19.7 Å². The van der Waals surface area contributed by atoms with Gasteiger partial charge in [0.2, 0.25) is 0 Å². The molecule has 1 aliphatic rings. The minimum absolute atomic E-state index is 0.316. The molecule has 0 amide bonds. The lowest BCUT2D eigenvalue weighted by atomic mass is 10.1. The summed E-state index contributed by atoms with van der Waals surface area (Å²) in [4.78, 5) is 2.43. The van der Waals surface area contributed by atoms with Gasteiger partial charge in [-0.25, -0.2) is 0 Å². The van der Waals surface area contributed by atoms with Crippen molar-refractivity contribution in [1.29, 1.82) is 0 Å². The van der Waals surface area contributed by atoms with Crippen LogP contribution in [0.1, 0.15) is 39.0 Å². The van der Waals surface area contributed by atoms with Crippen molar-refractivity contribution in [3.8, 4) is 0 Å². The summed E-state index contributed by atoms with van der Waals surface area (Å²) in [5, 5.41) is 9.29. The molecule has 1 heterocycles. The molecule has 1 atom stereocenters. The fraction of sp³-hybridized carbons (Fsp3) is 0.833. The summed E-state index contributed by atoms with van der Waals surface area (Å²) < 4.78 is 0. The van der Waals surface area contributed by atoms with Crippen molar-refractivity contribution in [2.45, 2.75) is 45.1 Å². The van der Waals surface area contributed by atoms with E-state index in [1.807, 2.05) is 0 Å². The first kappa shape index (κ1) is 11.7. The molecule has 1 rings (SSSR count). The third kappa shape index (κ3) is 3.81. The highest BCUT2D eigenvalue weighted by Crippen LogP contribution is 2.17. The molecule has 1 N–H and O–H groups in total. The highest BCUT2D eigenvalue weighted by atomic mass is 16.3. The van der Waals surface area contributed by atoms with Gasteiger partial charge in [-0.2, -0.15) is 0 Å². The van der Waals surface area contributed by atoms with E-state index < -0.39 is 0 Å². The molecule has 1 aliphatic heterocycles. The summed E-state index contributed by atoms with van der Waals surface area (Å²) in [7, 11) is 0. The summed E-state index contributed by atoms with van der Waals surface area (Å²) >= 11 is 0. The predicted octanol–water partition coefficient (Wildman–Crippen LogP) is 2.19. The number of hydrogen-bond acceptors (Lipinski definition) is 2. The third-order valence-corrected chi connectivity index (χ3v) is 3.04. The van der Waals surface area contributed by atoms with E-state index in [0.717, 1.165) is 25.9 Å². The molecular weight excluding hydrogens is 174 g/mol. The zero-order valence-corrected chi connectivity index (χ0v) is 9.34. The van der Waals surface area contributed by atoms with Gasteiger partial charge in [-0.1, -0.05) is 18.4 Å². The number of nitrogens with zero attached hydrogens (tertiary/aromatic N) is 1. The Morgan fingerprint density at radius 2 is 2.21 bits per heavy atom. The number of hydrogen-bond donors (Lipinski definition) is 1. The van der Waals surface area contributed by atoms with Crippen LogP contribution in [-0.2, 0) is 0 Å². The van der Waals surface area contributed by atoms with E-state index in [9.17, 15) is 5.11 Å². The monoisotopic (exact) mass is 197 g/mol. The highest BCUT2D eigenvalue weighted by molar-refractivity contribution is 4.89. The number of likely N-dealkylation sites (tertiary alicyclic amines) is 1. The van der Waals surface area contributed by atoms with Crippen molar-refractivity contribution in [3.63, 3.8) is 0 Å². The molecule has 0 aromatic carbocycles. The van der Waals surface area contributed by atoms with E-state index in [1.165, 1.54) is 24.8 Å². The van der Waals surface area contributed by atoms with Crippen LogP contribution in [0.25, 0.3) is 0 Å². The zero-order chi connectivity index (χ0) is 10.4. The first-order valence-electron chi connectivity index (χ1n) is 5.73. The fourth-order valence-corrected chi connectivity index (χ4v) is 2.07. The first-order valence-corrected chi connectivity index (χ1v) is 5.73. The molecule has 1 fully saturated rings. The molecular formula is C12H23NO. The van der Waals surface area contributed by atoms with Crippen LogP contribution in [0, 0.1) is 0 Å². The molecule has 0 aromatic rings. The van der Waals surface area contributed by atoms with E-state index in [0.29, 0.717) is 12.6 Å². The normalized spacial score (nSPS) is 24.6. The Morgan fingerprint density at radius 1 is 1.43 bits per heavy atom. The van der Waals surface area contributed by atoms with E-state index in [4.69, 9.17) is 0 Å². The lowest BCUT2D eigenvalue weighted by molar-refractivity contribution is 0.125. The smallest absolute Gasteiger partial charge is 0.0586 e. The second kappa shape index (κ2) is 6.20. The topological polar surface area (TPSA) is 23.5 Å². The molecule has 2 nitrogen and oxygen atoms in total. The van der Waals surface area contributed by atoms with Gasteiger partial charge >= 0.3 is 0 Å². The van der Waals surface area contributed by atoms with Gasteiger partial charge in [-0.15, -0.1) is 6.58 Å². The quantitative estimate of drug-likeness (QED) is 0.698. The standard InChI is InChI=1S/C12H23NO/c1-11(2)7-9-13-8-5-3-4-6-12(13)10-14/h12,14H,1,3-10H2,2H3. The number of aliphatic hydroxyl groups excluding tert-OH is 1. The Balaban J connectivity index is 2.39. The van der Waals surface area contributed by atoms with Gasteiger partial charge in [0.15, 0.2) is 0 Å². The van der Waals surface area contributed by atoms with Crippen LogP contribution in [-0.4, -0.2) is 35.7 Å². The Morgan fingerprint density at radius 3 is 2.86 bits per heavy atom. The number of aliphatic hydroxyl groups is 1. The lowest BCUT2D eigenvalue weighted by Crippen LogP contribution is -2.38. The maximum absolute atomic E-state index is 9.29. The molecule has 1 saturated heterocycles. The van der Waals surface area contributed by atoms with E-state index >= 15 is 0 Å². The largest absolute Gasteiger partial charge is 0.395 e. The maximum Gasteiger partial charge on any atom is 0.0586 e. The van der Waals surface area contributed by atoms with Gasteiger partial charge in [0.25, 0.3) is 0 Å². The maximum atomic E-state index is 9.29. The summed E-state index contributed by atoms with van der Waals surface area (Å²) in [6.45, 7) is 8.54. The van der Waals surface area contributed by atoms with E-state index in [-0.39, 0.29) is 0 Å². The third-order valence-electron chi connectivity index (χ3n) is 3.04. The second-order valence-electron chi connectivity index (χ2n) is 4.43. The minimum atomic E-state index is 0.316. The zero-order valence-electron chi connectivity index (χ0n) is 9.34. The van der Waals surface area contributed by atoms with Gasteiger partial charge in [0.05, 0.1) is 6.61 Å². The molecule has 82 valence electrons. The average Bonchev–Trinajstić information content (AvgIpc) is 2.38. The predicted molar refractivity (Wildman–Crippen MR) is 60.3 cm³/mol. The molecule has 0 aliphatic carbocycles. The molecule has 0 spiro atoms. The van der Waals surface area contributed by atoms with E-state index in [1.54, 1.807) is 0 Å². The molecule has 0 radical (unpaired) electrons. The van der Waals surface area contributed by atoms with Crippen LogP contribution in [0.4, 0.5) is 0 Å². The van der Waals surface area contributed by atoms with Crippen molar-refractivity contribution in [3.05, 3.63) is 12.2 Å². The Hall–Kier alpha value is -0.340. The SMILES string of the molecule is C=C(C)CCN1CCCCCC1CO. The van der Waals surface area contributed by atoms with Crippen molar-refractivity contribution >= 4 is 0 Å². The summed E-state index contributed by atoms with van der Waals surface area (Å²) in [6.07, 6.45) is 6.10. The molecule has 14 heavy (non-hydrogen) atoms. The van der Waals surface area contributed by atoms with Gasteiger partial charge in [-0.05, 0) is 32.7 Å². The Kier molecular flexibility index (Phi) is 5.20. The van der Waals surface area contributed by atoms with Gasteiger partial charge < -0.3 is 5.11 Å². The highest BCUT2D eigenvalue weighted by Gasteiger charge is 2.19. The van der Waals surface area contributed by atoms with Crippen molar-refractivity contribution in [1.82, 2.24) is 4.90 Å². The van der Waals surface area contributed by atoms with E-state index in [2.05, 4.69) is 18.4 Å². The second-order valence-corrected chi connectivity index (χ2v) is 4.43. The van der Waals surface area contributed by atoms with Gasteiger partial charge in [0.1, 0.15) is 0 Å². The number of rotatable bonds is 4. The molecule has 0 aromatic heterocycles.